The van der Waals surface area contributed by atoms with Crippen LogP contribution in [0.4, 0.5) is 0 Å². The monoisotopic (exact) mass is 512 g/mol. The van der Waals surface area contributed by atoms with E-state index in [4.69, 9.17) is 0 Å². The Labute approximate surface area is 179 Å². The molecule has 1 atom stereocenters. The van der Waals surface area contributed by atoms with Crippen molar-refractivity contribution in [1.29, 1.82) is 0 Å². The van der Waals surface area contributed by atoms with Crippen LogP contribution in [0.2, 0.25) is 0 Å². The van der Waals surface area contributed by atoms with Crippen molar-refractivity contribution in [3.05, 3.63) is 11.6 Å². The quantitative estimate of drug-likeness (QED) is 0.312. The lowest BCUT2D eigenvalue weighted by molar-refractivity contribution is 0.580. The molecular weight excluding hydrogens is 479 g/mol. The third-order valence-corrected chi connectivity index (χ3v) is 5.42. The van der Waals surface area contributed by atoms with E-state index in [1.165, 1.54) is 25.5 Å². The minimum atomic E-state index is -2.94. The number of rotatable bonds is 8. The maximum Gasteiger partial charge on any atom is 0.191 e. The lowest BCUT2D eigenvalue weighted by atomic mass is 10.2. The van der Waals surface area contributed by atoms with E-state index in [9.17, 15) is 8.42 Å². The summed E-state index contributed by atoms with van der Waals surface area (Å²) in [4.78, 5) is 4.61. The van der Waals surface area contributed by atoms with E-state index >= 15 is 0 Å². The van der Waals surface area contributed by atoms with E-state index in [1.807, 2.05) is 13.8 Å². The predicted octanol–water partition coefficient (Wildman–Crippen LogP) is 1.54. The number of hydrogen-bond acceptors (Lipinski definition) is 5. The number of halogens is 1. The maximum atomic E-state index is 11.3. The van der Waals surface area contributed by atoms with E-state index < -0.39 is 9.84 Å². The highest BCUT2D eigenvalue weighted by Crippen LogP contribution is 2.14. The van der Waals surface area contributed by atoms with Gasteiger partial charge in [0.1, 0.15) is 21.5 Å². The number of aryl methyl sites for hydroxylation is 1. The topological polar surface area (TPSA) is 101 Å². The van der Waals surface area contributed by atoms with Crippen molar-refractivity contribution in [1.82, 2.24) is 25.4 Å². The standard InChI is InChI=1S/C17H32N6O2S.HI/c1-4-18-17(20-14(2)10-13-26(3,24)25)19-11-9-16-22-21-15-8-6-5-7-12-23(15)16;/h14H,4-13H2,1-3H3,(H2,18,19,20);1H. The van der Waals surface area contributed by atoms with Gasteiger partial charge in [0.25, 0.3) is 0 Å². The summed E-state index contributed by atoms with van der Waals surface area (Å²) in [6.07, 6.45) is 7.21. The van der Waals surface area contributed by atoms with Crippen LogP contribution >= 0.6 is 24.0 Å². The van der Waals surface area contributed by atoms with E-state index in [1.54, 1.807) is 0 Å². The van der Waals surface area contributed by atoms with Crippen molar-refractivity contribution in [3.63, 3.8) is 0 Å². The number of hydrogen-bond donors (Lipinski definition) is 2. The Morgan fingerprint density at radius 1 is 1.30 bits per heavy atom. The van der Waals surface area contributed by atoms with Crippen LogP contribution in [0.3, 0.4) is 0 Å². The normalized spacial score (nSPS) is 16.0. The molecule has 0 saturated heterocycles. The molecule has 0 bridgehead atoms. The molecular formula is C17H33IN6O2S. The Morgan fingerprint density at radius 3 is 2.78 bits per heavy atom. The van der Waals surface area contributed by atoms with E-state index in [2.05, 4.69) is 30.4 Å². The molecule has 0 aliphatic carbocycles. The van der Waals surface area contributed by atoms with Gasteiger partial charge < -0.3 is 15.2 Å². The van der Waals surface area contributed by atoms with Crippen molar-refractivity contribution < 1.29 is 8.42 Å². The zero-order valence-electron chi connectivity index (χ0n) is 16.6. The number of nitrogens with one attached hydrogen (secondary N) is 2. The molecule has 27 heavy (non-hydrogen) atoms. The Balaban J connectivity index is 0.00000364. The minimum Gasteiger partial charge on any atom is -0.357 e. The number of aromatic nitrogens is 3. The Kier molecular flexibility index (Phi) is 10.6. The number of sulfone groups is 1. The first-order valence-electron chi connectivity index (χ1n) is 9.52. The molecule has 0 fully saturated rings. The smallest absolute Gasteiger partial charge is 0.191 e. The van der Waals surface area contributed by atoms with Gasteiger partial charge >= 0.3 is 0 Å². The highest BCUT2D eigenvalue weighted by molar-refractivity contribution is 14.0. The predicted molar refractivity (Wildman–Crippen MR) is 120 cm³/mol. The summed E-state index contributed by atoms with van der Waals surface area (Å²) in [6.45, 7) is 6.35. The zero-order chi connectivity index (χ0) is 19.0. The van der Waals surface area contributed by atoms with Gasteiger partial charge in [-0.25, -0.2) is 8.42 Å². The summed E-state index contributed by atoms with van der Waals surface area (Å²) in [5, 5.41) is 15.1. The maximum absolute atomic E-state index is 11.3. The Hall–Kier alpha value is -0.910. The average Bonchev–Trinajstić information content (AvgIpc) is 2.79. The molecule has 0 amide bonds. The van der Waals surface area contributed by atoms with Crippen molar-refractivity contribution in [2.75, 3.05) is 25.1 Å². The molecule has 0 saturated carbocycles. The minimum absolute atomic E-state index is 0. The molecule has 2 rings (SSSR count). The summed E-state index contributed by atoms with van der Waals surface area (Å²) >= 11 is 0. The van der Waals surface area contributed by atoms with Gasteiger partial charge in [0, 0.05) is 44.8 Å². The van der Waals surface area contributed by atoms with Gasteiger partial charge in [0.2, 0.25) is 0 Å². The number of fused-ring (bicyclic) bond motifs is 1. The lowest BCUT2D eigenvalue weighted by Crippen LogP contribution is -2.43. The van der Waals surface area contributed by atoms with Gasteiger partial charge in [-0.05, 0) is 33.1 Å². The average molecular weight is 512 g/mol. The first-order valence-corrected chi connectivity index (χ1v) is 11.6. The molecule has 0 aromatic carbocycles. The fraction of sp³-hybridized carbons (Fsp3) is 0.824. The second kappa shape index (κ2) is 11.8. The molecule has 0 spiro atoms. The fourth-order valence-corrected chi connectivity index (χ4v) is 3.80. The van der Waals surface area contributed by atoms with E-state index in [-0.39, 0.29) is 35.8 Å². The molecule has 1 aliphatic rings. The molecule has 2 heterocycles. The van der Waals surface area contributed by atoms with E-state index in [0.717, 1.165) is 37.6 Å². The molecule has 2 N–H and O–H groups in total. The van der Waals surface area contributed by atoms with Crippen LogP contribution in [0.15, 0.2) is 4.99 Å². The second-order valence-electron chi connectivity index (χ2n) is 6.97. The van der Waals surface area contributed by atoms with Crippen LogP contribution in [0.5, 0.6) is 0 Å². The summed E-state index contributed by atoms with van der Waals surface area (Å²) in [6, 6.07) is 0.0342. The molecule has 8 nitrogen and oxygen atoms in total. The van der Waals surface area contributed by atoms with Crippen molar-refractivity contribution in [2.45, 2.75) is 65.0 Å². The summed E-state index contributed by atoms with van der Waals surface area (Å²) in [7, 11) is -2.94. The highest BCUT2D eigenvalue weighted by atomic mass is 127. The molecule has 10 heteroatoms. The van der Waals surface area contributed by atoms with Crippen LogP contribution in [-0.2, 0) is 29.2 Å². The second-order valence-corrected chi connectivity index (χ2v) is 9.23. The van der Waals surface area contributed by atoms with Crippen LogP contribution < -0.4 is 10.6 Å². The van der Waals surface area contributed by atoms with Crippen LogP contribution in [0.1, 0.15) is 51.2 Å². The third-order valence-electron chi connectivity index (χ3n) is 4.44. The van der Waals surface area contributed by atoms with Crippen LogP contribution in [0.25, 0.3) is 0 Å². The van der Waals surface area contributed by atoms with E-state index in [0.29, 0.717) is 18.9 Å². The Bertz CT molecular complexity index is 704. The highest BCUT2D eigenvalue weighted by Gasteiger charge is 2.14. The van der Waals surface area contributed by atoms with Gasteiger partial charge in [0.15, 0.2) is 5.96 Å². The molecule has 156 valence electrons. The van der Waals surface area contributed by atoms with Gasteiger partial charge in [0.05, 0.1) is 5.75 Å². The molecule has 1 aliphatic heterocycles. The first kappa shape index (κ1) is 24.1. The summed E-state index contributed by atoms with van der Waals surface area (Å²) in [5.74, 6) is 2.99. The van der Waals surface area contributed by atoms with Crippen molar-refractivity contribution >= 4 is 39.8 Å². The largest absolute Gasteiger partial charge is 0.357 e. The van der Waals surface area contributed by atoms with Crippen LogP contribution in [-0.4, -0.2) is 60.3 Å². The van der Waals surface area contributed by atoms with Gasteiger partial charge in [-0.15, -0.1) is 34.2 Å². The number of guanidine groups is 1. The molecule has 0 radical (unpaired) electrons. The number of nitrogens with zero attached hydrogens (tertiary/aromatic N) is 4. The van der Waals surface area contributed by atoms with Crippen LogP contribution in [0, 0.1) is 0 Å². The van der Waals surface area contributed by atoms with Gasteiger partial charge in [-0.3, -0.25) is 4.99 Å². The first-order chi connectivity index (χ1) is 12.4. The van der Waals surface area contributed by atoms with Gasteiger partial charge in [-0.1, -0.05) is 6.42 Å². The third kappa shape index (κ3) is 8.75. The molecule has 1 aromatic heterocycles. The Morgan fingerprint density at radius 2 is 2.07 bits per heavy atom. The SMILES string of the molecule is CCNC(=NCCc1nnc2n1CCCCC2)NC(C)CCS(C)(=O)=O.I. The fourth-order valence-electron chi connectivity index (χ4n) is 3.01. The lowest BCUT2D eigenvalue weighted by Gasteiger charge is -2.17. The summed E-state index contributed by atoms with van der Waals surface area (Å²) < 4.78 is 24.9. The number of aliphatic imine (C=N–C) groups is 1. The summed E-state index contributed by atoms with van der Waals surface area (Å²) in [5.41, 5.74) is 0. The molecule has 1 unspecified atom stereocenters. The zero-order valence-corrected chi connectivity index (χ0v) is 19.7. The molecule has 1 aromatic rings. The van der Waals surface area contributed by atoms with Crippen molar-refractivity contribution in [2.24, 2.45) is 4.99 Å². The van der Waals surface area contributed by atoms with Crippen molar-refractivity contribution in [3.8, 4) is 0 Å². The van der Waals surface area contributed by atoms with Gasteiger partial charge in [-0.2, -0.15) is 0 Å².